The molecule has 1 fully saturated rings. The van der Waals surface area contributed by atoms with E-state index in [0.29, 0.717) is 24.0 Å². The van der Waals surface area contributed by atoms with Crippen LogP contribution in [0.2, 0.25) is 0 Å². The summed E-state index contributed by atoms with van der Waals surface area (Å²) in [5.74, 6) is -0.803. The van der Waals surface area contributed by atoms with Crippen molar-refractivity contribution in [2.75, 3.05) is 13.6 Å². The van der Waals surface area contributed by atoms with E-state index < -0.39 is 5.41 Å². The van der Waals surface area contributed by atoms with Crippen LogP contribution in [0.3, 0.4) is 0 Å². The van der Waals surface area contributed by atoms with Gasteiger partial charge in [0, 0.05) is 41.1 Å². The predicted octanol–water partition coefficient (Wildman–Crippen LogP) is 3.49. The number of amides is 2. The lowest BCUT2D eigenvalue weighted by Crippen LogP contribution is -2.55. The summed E-state index contributed by atoms with van der Waals surface area (Å²) in [6, 6.07) is 6.90. The Morgan fingerprint density at radius 3 is 2.69 bits per heavy atom. The maximum atomic E-state index is 14.2. The van der Waals surface area contributed by atoms with Gasteiger partial charge in [0.2, 0.25) is 5.91 Å². The molecule has 0 saturated carbocycles. The van der Waals surface area contributed by atoms with E-state index in [9.17, 15) is 18.8 Å². The normalized spacial score (nSPS) is 23.4. The number of allylic oxidation sites excluding steroid dienone is 3. The SMILES string of the molecule is CN[C@@H](C)[C@H]1CC[C@@H](C2(C)C=C(F)C=CC2)N1C(=O)CNC(=O)c1ccc(Cc2cc(C)n[nH]c2=O)c(C)c1. The summed E-state index contributed by atoms with van der Waals surface area (Å²) in [6.07, 6.45) is 7.58. The molecule has 9 heteroatoms. The molecule has 0 spiro atoms. The standard InChI is InChI=1S/C30H38FN5O3/c1-18-13-22(9-8-21(18)15-23-14-19(2)34-35-29(23)39)28(38)33-17-27(37)36-25(20(3)32-5)10-11-26(36)30(4)12-6-7-24(31)16-30/h6-9,13-14,16,20,25-26,32H,10-12,15,17H2,1-5H3,(H,33,38)(H,35,39)/t20-,25+,26-,30?/m0/s1. The Balaban J connectivity index is 1.46. The highest BCUT2D eigenvalue weighted by molar-refractivity contribution is 5.96. The number of aromatic nitrogens is 2. The first-order chi connectivity index (χ1) is 18.5. The Morgan fingerprint density at radius 2 is 2.00 bits per heavy atom. The Labute approximate surface area is 228 Å². The molecule has 1 aliphatic heterocycles. The van der Waals surface area contributed by atoms with Gasteiger partial charge in [0.15, 0.2) is 0 Å². The minimum Gasteiger partial charge on any atom is -0.343 e. The monoisotopic (exact) mass is 535 g/mol. The second kappa shape index (κ2) is 11.7. The molecule has 1 aromatic carbocycles. The number of hydrogen-bond acceptors (Lipinski definition) is 5. The van der Waals surface area contributed by atoms with E-state index in [-0.39, 0.29) is 47.9 Å². The number of carbonyl (C=O) groups is 2. The van der Waals surface area contributed by atoms with Gasteiger partial charge in [-0.1, -0.05) is 19.1 Å². The van der Waals surface area contributed by atoms with Crippen molar-refractivity contribution in [2.24, 2.45) is 5.41 Å². The van der Waals surface area contributed by atoms with Gasteiger partial charge in [-0.2, -0.15) is 5.10 Å². The number of nitrogens with zero attached hydrogens (tertiary/aromatic N) is 2. The Kier molecular flexibility index (Phi) is 8.49. The van der Waals surface area contributed by atoms with Gasteiger partial charge in [-0.3, -0.25) is 14.4 Å². The van der Waals surface area contributed by atoms with E-state index in [0.717, 1.165) is 29.7 Å². The zero-order valence-corrected chi connectivity index (χ0v) is 23.3. The Hall–Kier alpha value is -3.59. The molecule has 208 valence electrons. The summed E-state index contributed by atoms with van der Waals surface area (Å²) in [6.45, 7) is 7.60. The molecule has 3 N–H and O–H groups in total. The van der Waals surface area contributed by atoms with Crippen molar-refractivity contribution < 1.29 is 14.0 Å². The third kappa shape index (κ3) is 6.19. The lowest BCUT2D eigenvalue weighted by atomic mass is 9.75. The highest BCUT2D eigenvalue weighted by Crippen LogP contribution is 2.43. The van der Waals surface area contributed by atoms with Gasteiger partial charge < -0.3 is 15.5 Å². The van der Waals surface area contributed by atoms with Gasteiger partial charge in [0.1, 0.15) is 5.83 Å². The fourth-order valence-electron chi connectivity index (χ4n) is 5.89. The maximum absolute atomic E-state index is 14.2. The van der Waals surface area contributed by atoms with E-state index in [4.69, 9.17) is 0 Å². The molecular weight excluding hydrogens is 497 g/mol. The van der Waals surface area contributed by atoms with Crippen molar-refractivity contribution >= 4 is 11.8 Å². The number of hydrogen-bond donors (Lipinski definition) is 3. The van der Waals surface area contributed by atoms with Crippen LogP contribution >= 0.6 is 0 Å². The van der Waals surface area contributed by atoms with E-state index in [1.54, 1.807) is 24.3 Å². The first-order valence-electron chi connectivity index (χ1n) is 13.5. The molecule has 1 saturated heterocycles. The van der Waals surface area contributed by atoms with E-state index >= 15 is 0 Å². The average Bonchev–Trinajstić information content (AvgIpc) is 3.36. The number of halogens is 1. The first kappa shape index (κ1) is 28.4. The number of aromatic amines is 1. The number of likely N-dealkylation sites (tertiary alicyclic amines) is 1. The molecule has 8 nitrogen and oxygen atoms in total. The molecule has 1 aliphatic carbocycles. The quantitative estimate of drug-likeness (QED) is 0.480. The molecular formula is C30H38FN5O3. The highest BCUT2D eigenvalue weighted by atomic mass is 19.1. The van der Waals surface area contributed by atoms with Crippen LogP contribution in [0, 0.1) is 19.3 Å². The zero-order valence-electron chi connectivity index (χ0n) is 23.3. The number of nitrogens with one attached hydrogen (secondary N) is 3. The van der Waals surface area contributed by atoms with Crippen molar-refractivity contribution in [3.63, 3.8) is 0 Å². The highest BCUT2D eigenvalue weighted by Gasteiger charge is 2.47. The molecule has 2 amide bonds. The number of benzene rings is 1. The summed E-state index contributed by atoms with van der Waals surface area (Å²) >= 11 is 0. The fourth-order valence-corrected chi connectivity index (χ4v) is 5.89. The summed E-state index contributed by atoms with van der Waals surface area (Å²) in [4.78, 5) is 40.6. The minimum atomic E-state index is -0.511. The van der Waals surface area contributed by atoms with Crippen LogP contribution in [0.25, 0.3) is 0 Å². The summed E-state index contributed by atoms with van der Waals surface area (Å²) < 4.78 is 14.2. The summed E-state index contributed by atoms with van der Waals surface area (Å²) in [5.41, 5.74) is 2.83. The molecule has 4 atom stereocenters. The van der Waals surface area contributed by atoms with Gasteiger partial charge in [-0.05, 0) is 88.6 Å². The topological polar surface area (TPSA) is 107 Å². The van der Waals surface area contributed by atoms with Crippen molar-refractivity contribution in [3.05, 3.63) is 86.6 Å². The van der Waals surface area contributed by atoms with Gasteiger partial charge in [-0.25, -0.2) is 9.49 Å². The van der Waals surface area contributed by atoms with Gasteiger partial charge in [-0.15, -0.1) is 0 Å². The van der Waals surface area contributed by atoms with Crippen LogP contribution in [-0.4, -0.2) is 58.6 Å². The zero-order chi connectivity index (χ0) is 28.3. The fraction of sp³-hybridized carbons (Fsp3) is 0.467. The molecule has 4 rings (SSSR count). The number of carbonyl (C=O) groups excluding carboxylic acids is 2. The lowest BCUT2D eigenvalue weighted by Gasteiger charge is -2.42. The van der Waals surface area contributed by atoms with Crippen LogP contribution in [0.5, 0.6) is 0 Å². The number of aryl methyl sites for hydroxylation is 2. The maximum Gasteiger partial charge on any atom is 0.267 e. The molecule has 0 bridgehead atoms. The van der Waals surface area contributed by atoms with Crippen LogP contribution in [0.15, 0.2) is 53.1 Å². The van der Waals surface area contributed by atoms with E-state index in [1.165, 1.54) is 6.08 Å². The third-order valence-corrected chi connectivity index (χ3v) is 8.21. The lowest BCUT2D eigenvalue weighted by molar-refractivity contribution is -0.135. The molecule has 39 heavy (non-hydrogen) atoms. The van der Waals surface area contributed by atoms with Crippen molar-refractivity contribution in [2.45, 2.75) is 71.5 Å². The Morgan fingerprint density at radius 1 is 1.23 bits per heavy atom. The van der Waals surface area contributed by atoms with Crippen molar-refractivity contribution in [3.8, 4) is 0 Å². The molecule has 2 heterocycles. The van der Waals surface area contributed by atoms with Crippen molar-refractivity contribution in [1.29, 1.82) is 0 Å². The van der Waals surface area contributed by atoms with Gasteiger partial charge in [0.05, 0.1) is 12.2 Å². The third-order valence-electron chi connectivity index (χ3n) is 8.21. The average molecular weight is 536 g/mol. The van der Waals surface area contributed by atoms with Crippen LogP contribution < -0.4 is 16.2 Å². The molecule has 2 aliphatic rings. The minimum absolute atomic E-state index is 0.0508. The van der Waals surface area contributed by atoms with Crippen LogP contribution in [0.1, 0.15) is 65.9 Å². The molecule has 0 radical (unpaired) electrons. The van der Waals surface area contributed by atoms with Crippen LogP contribution in [-0.2, 0) is 11.2 Å². The van der Waals surface area contributed by atoms with Crippen molar-refractivity contribution in [1.82, 2.24) is 25.7 Å². The number of likely N-dealkylation sites (N-methyl/N-ethyl adjacent to an activating group) is 1. The summed E-state index contributed by atoms with van der Waals surface area (Å²) in [5, 5.41) is 12.5. The van der Waals surface area contributed by atoms with Gasteiger partial charge >= 0.3 is 0 Å². The van der Waals surface area contributed by atoms with Gasteiger partial charge in [0.25, 0.3) is 11.5 Å². The second-order valence-corrected chi connectivity index (χ2v) is 11.0. The Bertz CT molecular complexity index is 1370. The predicted molar refractivity (Wildman–Crippen MR) is 149 cm³/mol. The first-order valence-corrected chi connectivity index (χ1v) is 13.5. The molecule has 2 aromatic rings. The van der Waals surface area contributed by atoms with E-state index in [2.05, 4.69) is 20.8 Å². The van der Waals surface area contributed by atoms with E-state index in [1.807, 2.05) is 51.8 Å². The smallest absolute Gasteiger partial charge is 0.267 e. The largest absolute Gasteiger partial charge is 0.343 e. The number of H-pyrrole nitrogens is 1. The summed E-state index contributed by atoms with van der Waals surface area (Å²) in [7, 11) is 1.87. The molecule has 1 unspecified atom stereocenters. The second-order valence-electron chi connectivity index (χ2n) is 11.0. The van der Waals surface area contributed by atoms with Crippen LogP contribution in [0.4, 0.5) is 4.39 Å². The molecule has 1 aromatic heterocycles. The number of rotatable bonds is 8.